The Morgan fingerprint density at radius 1 is 1.20 bits per heavy atom. The largest absolute Gasteiger partial charge is 0.494 e. The molecule has 3 nitrogen and oxygen atoms in total. The van der Waals surface area contributed by atoms with Crippen molar-refractivity contribution in [3.8, 4) is 5.88 Å². The first kappa shape index (κ1) is 12.9. The second-order valence-electron chi connectivity index (χ2n) is 4.29. The lowest BCUT2D eigenvalue weighted by Gasteiger charge is -1.96. The third kappa shape index (κ3) is 2.32. The molecule has 100 valence electrons. The molecule has 5 heteroatoms. The molecule has 3 aromatic rings. The van der Waals surface area contributed by atoms with Crippen molar-refractivity contribution in [2.24, 2.45) is 4.99 Å². The number of benzene rings is 2. The van der Waals surface area contributed by atoms with Crippen LogP contribution in [-0.4, -0.2) is 16.3 Å². The summed E-state index contributed by atoms with van der Waals surface area (Å²) in [6, 6.07) is 11.8. The number of hydrogen-bond donors (Lipinski definition) is 2. The zero-order chi connectivity index (χ0) is 14.1. The third-order valence-corrected chi connectivity index (χ3v) is 3.46. The highest BCUT2D eigenvalue weighted by atomic mass is 79.9. The van der Waals surface area contributed by atoms with E-state index in [-0.39, 0.29) is 11.6 Å². The lowest BCUT2D eigenvalue weighted by Crippen LogP contribution is -1.81. The molecular weight excluding hydrogens is 323 g/mol. The Morgan fingerprint density at radius 3 is 2.80 bits per heavy atom. The normalized spacial score (nSPS) is 11.5. The van der Waals surface area contributed by atoms with E-state index in [1.165, 1.54) is 12.3 Å². The Balaban J connectivity index is 2.09. The SMILES string of the molecule is Oc1[nH]c2ccc(Br)cc2c1C=Nc1ccccc1F. The summed E-state index contributed by atoms with van der Waals surface area (Å²) in [5.41, 5.74) is 1.56. The molecule has 1 heterocycles. The Hall–Kier alpha value is -2.14. The van der Waals surface area contributed by atoms with Crippen molar-refractivity contribution in [1.29, 1.82) is 0 Å². The number of H-pyrrole nitrogens is 1. The van der Waals surface area contributed by atoms with Gasteiger partial charge in [-0.3, -0.25) is 4.99 Å². The minimum atomic E-state index is -0.399. The van der Waals surface area contributed by atoms with Crippen LogP contribution in [0, 0.1) is 5.82 Å². The number of halogens is 2. The molecule has 0 atom stereocenters. The summed E-state index contributed by atoms with van der Waals surface area (Å²) in [7, 11) is 0. The average Bonchev–Trinajstić information content (AvgIpc) is 2.73. The number of nitrogens with one attached hydrogen (secondary N) is 1. The van der Waals surface area contributed by atoms with Crippen LogP contribution in [0.2, 0.25) is 0 Å². The summed E-state index contributed by atoms with van der Waals surface area (Å²) in [5, 5.41) is 10.7. The van der Waals surface area contributed by atoms with Gasteiger partial charge in [-0.2, -0.15) is 0 Å². The molecule has 2 aromatic carbocycles. The van der Waals surface area contributed by atoms with Crippen LogP contribution >= 0.6 is 15.9 Å². The van der Waals surface area contributed by atoms with E-state index in [9.17, 15) is 9.50 Å². The number of aromatic amines is 1. The summed E-state index contributed by atoms with van der Waals surface area (Å²) in [4.78, 5) is 6.95. The fraction of sp³-hybridized carbons (Fsp3) is 0. The third-order valence-electron chi connectivity index (χ3n) is 2.97. The highest BCUT2D eigenvalue weighted by molar-refractivity contribution is 9.10. The summed E-state index contributed by atoms with van der Waals surface area (Å²) in [5.74, 6) is -0.387. The molecule has 0 radical (unpaired) electrons. The number of rotatable bonds is 2. The van der Waals surface area contributed by atoms with E-state index < -0.39 is 5.82 Å². The zero-order valence-corrected chi connectivity index (χ0v) is 11.9. The molecule has 0 unspecified atom stereocenters. The Labute approximate surface area is 122 Å². The van der Waals surface area contributed by atoms with Gasteiger partial charge in [0.2, 0.25) is 0 Å². The van der Waals surface area contributed by atoms with E-state index in [2.05, 4.69) is 25.9 Å². The van der Waals surface area contributed by atoms with E-state index in [0.29, 0.717) is 5.56 Å². The fourth-order valence-electron chi connectivity index (χ4n) is 1.99. The van der Waals surface area contributed by atoms with E-state index in [1.54, 1.807) is 18.2 Å². The van der Waals surface area contributed by atoms with E-state index in [0.717, 1.165) is 15.4 Å². The summed E-state index contributed by atoms with van der Waals surface area (Å²) < 4.78 is 14.4. The smallest absolute Gasteiger partial charge is 0.198 e. The second-order valence-corrected chi connectivity index (χ2v) is 5.20. The fourth-order valence-corrected chi connectivity index (χ4v) is 2.35. The summed E-state index contributed by atoms with van der Waals surface area (Å²) in [6.45, 7) is 0. The van der Waals surface area contributed by atoms with Crippen molar-refractivity contribution in [2.45, 2.75) is 0 Å². The number of para-hydroxylation sites is 1. The van der Waals surface area contributed by atoms with Gasteiger partial charge in [0, 0.05) is 21.6 Å². The van der Waals surface area contributed by atoms with Gasteiger partial charge in [0.1, 0.15) is 5.82 Å². The molecule has 0 saturated carbocycles. The van der Waals surface area contributed by atoms with Crippen LogP contribution in [0.3, 0.4) is 0 Å². The van der Waals surface area contributed by atoms with Crippen molar-refractivity contribution >= 4 is 38.7 Å². The highest BCUT2D eigenvalue weighted by Crippen LogP contribution is 2.29. The average molecular weight is 333 g/mol. The topological polar surface area (TPSA) is 48.4 Å². The van der Waals surface area contributed by atoms with E-state index in [4.69, 9.17) is 0 Å². The van der Waals surface area contributed by atoms with Gasteiger partial charge in [-0.25, -0.2) is 4.39 Å². The van der Waals surface area contributed by atoms with Crippen molar-refractivity contribution in [2.75, 3.05) is 0 Å². The van der Waals surface area contributed by atoms with Crippen molar-refractivity contribution in [3.63, 3.8) is 0 Å². The van der Waals surface area contributed by atoms with Crippen molar-refractivity contribution in [1.82, 2.24) is 4.98 Å². The lowest BCUT2D eigenvalue weighted by molar-refractivity contribution is 0.457. The standard InChI is InChI=1S/C15H10BrFN2O/c16-9-5-6-13-10(7-9)11(15(20)19-13)8-18-14-4-2-1-3-12(14)17/h1-8,19-20H. The molecule has 0 fully saturated rings. The van der Waals surface area contributed by atoms with Crippen LogP contribution in [0.5, 0.6) is 5.88 Å². The van der Waals surface area contributed by atoms with E-state index in [1.807, 2.05) is 18.2 Å². The molecule has 0 saturated heterocycles. The zero-order valence-electron chi connectivity index (χ0n) is 10.3. The van der Waals surface area contributed by atoms with Gasteiger partial charge in [-0.05, 0) is 30.3 Å². The molecule has 2 N–H and O–H groups in total. The van der Waals surface area contributed by atoms with E-state index >= 15 is 0 Å². The molecule has 0 spiro atoms. The molecule has 0 aliphatic rings. The molecule has 20 heavy (non-hydrogen) atoms. The first-order valence-corrected chi connectivity index (χ1v) is 6.73. The predicted molar refractivity (Wildman–Crippen MR) is 81.3 cm³/mol. The highest BCUT2D eigenvalue weighted by Gasteiger charge is 2.09. The van der Waals surface area contributed by atoms with Crippen LogP contribution < -0.4 is 0 Å². The molecule has 0 bridgehead atoms. The van der Waals surface area contributed by atoms with Crippen LogP contribution in [0.1, 0.15) is 5.56 Å². The maximum atomic E-state index is 13.5. The maximum absolute atomic E-state index is 13.5. The quantitative estimate of drug-likeness (QED) is 0.665. The van der Waals surface area contributed by atoms with Crippen molar-refractivity contribution in [3.05, 3.63) is 58.3 Å². The Kier molecular flexibility index (Phi) is 3.28. The Morgan fingerprint density at radius 2 is 2.00 bits per heavy atom. The minimum Gasteiger partial charge on any atom is -0.494 e. The number of aromatic hydroxyl groups is 1. The van der Waals surface area contributed by atoms with Crippen LogP contribution in [0.15, 0.2) is 51.9 Å². The second kappa shape index (κ2) is 5.09. The Bertz CT molecular complexity index is 811. The predicted octanol–water partition coefficient (Wildman–Crippen LogP) is 4.53. The monoisotopic (exact) mass is 332 g/mol. The number of aromatic nitrogens is 1. The summed E-state index contributed by atoms with van der Waals surface area (Å²) >= 11 is 3.38. The number of fused-ring (bicyclic) bond motifs is 1. The molecule has 0 aliphatic heterocycles. The summed E-state index contributed by atoms with van der Waals surface area (Å²) in [6.07, 6.45) is 1.46. The van der Waals surface area contributed by atoms with Crippen LogP contribution in [0.4, 0.5) is 10.1 Å². The van der Waals surface area contributed by atoms with Crippen LogP contribution in [-0.2, 0) is 0 Å². The van der Waals surface area contributed by atoms with Gasteiger partial charge in [-0.1, -0.05) is 28.1 Å². The molecule has 3 rings (SSSR count). The number of aliphatic imine (C=N–C) groups is 1. The first-order valence-electron chi connectivity index (χ1n) is 5.94. The van der Waals surface area contributed by atoms with Gasteiger partial charge in [0.25, 0.3) is 0 Å². The van der Waals surface area contributed by atoms with Gasteiger partial charge in [0.05, 0.1) is 11.3 Å². The van der Waals surface area contributed by atoms with Gasteiger partial charge in [-0.15, -0.1) is 0 Å². The molecule has 0 aliphatic carbocycles. The van der Waals surface area contributed by atoms with Crippen molar-refractivity contribution < 1.29 is 9.50 Å². The molecular formula is C15H10BrFN2O. The van der Waals surface area contributed by atoms with Crippen LogP contribution in [0.25, 0.3) is 10.9 Å². The number of hydrogen-bond acceptors (Lipinski definition) is 2. The minimum absolute atomic E-state index is 0.0122. The van der Waals surface area contributed by atoms with Gasteiger partial charge < -0.3 is 10.1 Å². The molecule has 1 aromatic heterocycles. The first-order chi connectivity index (χ1) is 9.65. The lowest BCUT2D eigenvalue weighted by atomic mass is 10.2. The maximum Gasteiger partial charge on any atom is 0.198 e. The number of nitrogens with zero attached hydrogens (tertiary/aromatic N) is 1. The van der Waals surface area contributed by atoms with Gasteiger partial charge >= 0.3 is 0 Å². The molecule has 0 amide bonds. The van der Waals surface area contributed by atoms with Gasteiger partial charge in [0.15, 0.2) is 5.88 Å².